The molecule has 7 heteroatoms. The smallest absolute Gasteiger partial charge is 0.322 e. The van der Waals surface area contributed by atoms with E-state index in [9.17, 15) is 14.0 Å². The SMILES string of the molecule is CCOc1ccc(N(CC)C(=O)N[C@H]2CC(=O)N(c3cccc(F)c3)C2)cc1. The fourth-order valence-corrected chi connectivity index (χ4v) is 3.28. The van der Waals surface area contributed by atoms with Gasteiger partial charge in [-0.05, 0) is 56.3 Å². The molecule has 1 fully saturated rings. The summed E-state index contributed by atoms with van der Waals surface area (Å²) in [7, 11) is 0. The van der Waals surface area contributed by atoms with E-state index in [4.69, 9.17) is 4.74 Å². The van der Waals surface area contributed by atoms with Crippen LogP contribution < -0.4 is 19.9 Å². The lowest BCUT2D eigenvalue weighted by Gasteiger charge is -2.24. The van der Waals surface area contributed by atoms with Crippen molar-refractivity contribution in [1.82, 2.24) is 5.32 Å². The Bertz CT molecular complexity index is 841. The minimum atomic E-state index is -0.398. The average molecular weight is 385 g/mol. The van der Waals surface area contributed by atoms with Crippen LogP contribution in [0, 0.1) is 5.82 Å². The number of nitrogens with one attached hydrogen (secondary N) is 1. The molecule has 0 bridgehead atoms. The number of hydrogen-bond acceptors (Lipinski definition) is 3. The molecule has 1 aliphatic heterocycles. The molecule has 0 aliphatic carbocycles. The van der Waals surface area contributed by atoms with Crippen LogP contribution in [0.3, 0.4) is 0 Å². The second kappa shape index (κ2) is 8.73. The second-order valence-corrected chi connectivity index (χ2v) is 6.51. The summed E-state index contributed by atoms with van der Waals surface area (Å²) in [4.78, 5) is 28.2. The van der Waals surface area contributed by atoms with Crippen LogP contribution in [0.15, 0.2) is 48.5 Å². The summed E-state index contributed by atoms with van der Waals surface area (Å²) >= 11 is 0. The topological polar surface area (TPSA) is 61.9 Å². The molecule has 3 amide bonds. The highest BCUT2D eigenvalue weighted by Crippen LogP contribution is 2.23. The van der Waals surface area contributed by atoms with Crippen LogP contribution >= 0.6 is 0 Å². The Morgan fingerprint density at radius 2 is 2.00 bits per heavy atom. The molecular formula is C21H24FN3O3. The first-order valence-electron chi connectivity index (χ1n) is 9.38. The number of urea groups is 1. The molecule has 0 unspecified atom stereocenters. The number of nitrogens with zero attached hydrogens (tertiary/aromatic N) is 2. The molecule has 2 aromatic carbocycles. The van der Waals surface area contributed by atoms with Gasteiger partial charge in [0.2, 0.25) is 5.91 Å². The Kier molecular flexibility index (Phi) is 6.13. The van der Waals surface area contributed by atoms with Gasteiger partial charge in [0.1, 0.15) is 11.6 Å². The van der Waals surface area contributed by atoms with Gasteiger partial charge in [0.25, 0.3) is 0 Å². The van der Waals surface area contributed by atoms with Crippen molar-refractivity contribution in [3.63, 3.8) is 0 Å². The van der Waals surface area contributed by atoms with Gasteiger partial charge >= 0.3 is 6.03 Å². The molecule has 1 heterocycles. The molecule has 1 atom stereocenters. The maximum Gasteiger partial charge on any atom is 0.322 e. The highest BCUT2D eigenvalue weighted by molar-refractivity contribution is 5.98. The van der Waals surface area contributed by atoms with E-state index in [1.165, 1.54) is 17.0 Å². The van der Waals surface area contributed by atoms with E-state index in [0.29, 0.717) is 25.4 Å². The first-order chi connectivity index (χ1) is 13.5. The van der Waals surface area contributed by atoms with Crippen molar-refractivity contribution in [1.29, 1.82) is 0 Å². The van der Waals surface area contributed by atoms with Gasteiger partial charge < -0.3 is 15.0 Å². The number of rotatable bonds is 6. The number of amides is 3. The monoisotopic (exact) mass is 385 g/mol. The molecule has 6 nitrogen and oxygen atoms in total. The van der Waals surface area contributed by atoms with E-state index in [-0.39, 0.29) is 24.4 Å². The van der Waals surface area contributed by atoms with Gasteiger partial charge in [-0.3, -0.25) is 9.69 Å². The Morgan fingerprint density at radius 1 is 1.25 bits per heavy atom. The fraction of sp³-hybridized carbons (Fsp3) is 0.333. The van der Waals surface area contributed by atoms with E-state index >= 15 is 0 Å². The van der Waals surface area contributed by atoms with Crippen molar-refractivity contribution in [2.45, 2.75) is 26.3 Å². The van der Waals surface area contributed by atoms with Gasteiger partial charge in [0, 0.05) is 30.9 Å². The molecule has 0 saturated carbocycles. The maximum atomic E-state index is 13.4. The van der Waals surface area contributed by atoms with Crippen molar-refractivity contribution >= 4 is 23.3 Å². The van der Waals surface area contributed by atoms with Gasteiger partial charge in [-0.1, -0.05) is 6.07 Å². The lowest BCUT2D eigenvalue weighted by Crippen LogP contribution is -2.46. The second-order valence-electron chi connectivity index (χ2n) is 6.51. The zero-order valence-corrected chi connectivity index (χ0v) is 16.0. The molecule has 0 radical (unpaired) electrons. The summed E-state index contributed by atoms with van der Waals surface area (Å²) in [6.45, 7) is 5.17. The zero-order chi connectivity index (χ0) is 20.1. The van der Waals surface area contributed by atoms with Crippen molar-refractivity contribution in [2.75, 3.05) is 29.5 Å². The number of benzene rings is 2. The Morgan fingerprint density at radius 3 is 2.64 bits per heavy atom. The third-order valence-electron chi connectivity index (χ3n) is 4.59. The predicted molar refractivity (Wildman–Crippen MR) is 106 cm³/mol. The van der Waals surface area contributed by atoms with E-state index in [1.54, 1.807) is 17.0 Å². The Hall–Kier alpha value is -3.09. The van der Waals surface area contributed by atoms with E-state index < -0.39 is 5.82 Å². The minimum Gasteiger partial charge on any atom is -0.494 e. The molecule has 28 heavy (non-hydrogen) atoms. The molecule has 0 spiro atoms. The quantitative estimate of drug-likeness (QED) is 0.827. The number of ether oxygens (including phenoxy) is 1. The maximum absolute atomic E-state index is 13.4. The number of carbonyl (C=O) groups is 2. The lowest BCUT2D eigenvalue weighted by molar-refractivity contribution is -0.117. The highest BCUT2D eigenvalue weighted by atomic mass is 19.1. The molecule has 148 valence electrons. The van der Waals surface area contributed by atoms with Crippen molar-refractivity contribution in [3.05, 3.63) is 54.3 Å². The number of anilines is 2. The summed E-state index contributed by atoms with van der Waals surface area (Å²) in [6, 6.07) is 12.6. The van der Waals surface area contributed by atoms with Gasteiger partial charge in [-0.25, -0.2) is 9.18 Å². The standard InChI is InChI=1S/C21H24FN3O3/c1-3-24(17-8-10-19(11-9-17)28-4-2)21(27)23-16-13-20(26)25(14-16)18-7-5-6-15(22)12-18/h5-12,16H,3-4,13-14H2,1-2H3,(H,23,27)/t16-/m0/s1. The summed E-state index contributed by atoms with van der Waals surface area (Å²) in [5, 5.41) is 2.91. The highest BCUT2D eigenvalue weighted by Gasteiger charge is 2.32. The molecule has 3 rings (SSSR count). The summed E-state index contributed by atoms with van der Waals surface area (Å²) in [5.74, 6) is 0.209. The van der Waals surface area contributed by atoms with Crippen LogP contribution in [0.5, 0.6) is 5.75 Å². The molecular weight excluding hydrogens is 361 g/mol. The van der Waals surface area contributed by atoms with Crippen molar-refractivity contribution in [3.8, 4) is 5.75 Å². The Labute approximate surface area is 163 Å². The third kappa shape index (κ3) is 4.42. The van der Waals surface area contributed by atoms with Gasteiger partial charge in [0.05, 0.1) is 12.6 Å². The van der Waals surface area contributed by atoms with Crippen LogP contribution in [-0.2, 0) is 4.79 Å². The first-order valence-corrected chi connectivity index (χ1v) is 9.38. The largest absolute Gasteiger partial charge is 0.494 e. The molecule has 1 N–H and O–H groups in total. The van der Waals surface area contributed by atoms with E-state index in [1.807, 2.05) is 38.1 Å². The van der Waals surface area contributed by atoms with Crippen LogP contribution in [0.25, 0.3) is 0 Å². The van der Waals surface area contributed by atoms with Crippen LogP contribution in [0.2, 0.25) is 0 Å². The van der Waals surface area contributed by atoms with Gasteiger partial charge in [-0.2, -0.15) is 0 Å². The van der Waals surface area contributed by atoms with Crippen LogP contribution in [-0.4, -0.2) is 37.7 Å². The van der Waals surface area contributed by atoms with Crippen LogP contribution in [0.4, 0.5) is 20.6 Å². The van der Waals surface area contributed by atoms with Crippen LogP contribution in [0.1, 0.15) is 20.3 Å². The number of halogens is 1. The average Bonchev–Trinajstić information content (AvgIpc) is 3.04. The Balaban J connectivity index is 1.65. The van der Waals surface area contributed by atoms with E-state index in [2.05, 4.69) is 5.32 Å². The number of carbonyl (C=O) groups excluding carboxylic acids is 2. The minimum absolute atomic E-state index is 0.139. The summed E-state index contributed by atoms with van der Waals surface area (Å²) in [6.07, 6.45) is 0.184. The lowest BCUT2D eigenvalue weighted by atomic mass is 10.2. The zero-order valence-electron chi connectivity index (χ0n) is 16.0. The van der Waals surface area contributed by atoms with E-state index in [0.717, 1.165) is 11.4 Å². The molecule has 0 aromatic heterocycles. The van der Waals surface area contributed by atoms with Gasteiger partial charge in [-0.15, -0.1) is 0 Å². The third-order valence-corrected chi connectivity index (χ3v) is 4.59. The molecule has 2 aromatic rings. The normalized spacial score (nSPS) is 16.2. The number of hydrogen-bond donors (Lipinski definition) is 1. The van der Waals surface area contributed by atoms with Crippen molar-refractivity contribution in [2.24, 2.45) is 0 Å². The summed E-state index contributed by atoms with van der Waals surface area (Å²) in [5.41, 5.74) is 1.25. The molecule has 1 saturated heterocycles. The summed E-state index contributed by atoms with van der Waals surface area (Å²) < 4.78 is 18.9. The predicted octanol–water partition coefficient (Wildman–Crippen LogP) is 3.57. The molecule has 1 aliphatic rings. The van der Waals surface area contributed by atoms with Crippen molar-refractivity contribution < 1.29 is 18.7 Å². The van der Waals surface area contributed by atoms with Gasteiger partial charge in [0.15, 0.2) is 0 Å². The first kappa shape index (κ1) is 19.7. The fourth-order valence-electron chi connectivity index (χ4n) is 3.28.